The number of hydrogen-bond acceptors (Lipinski definition) is 0. The Hall–Kier alpha value is 0. The molecule has 0 N–H and O–H groups in total. The third-order valence-corrected chi connectivity index (χ3v) is 6.79. The van der Waals surface area contributed by atoms with E-state index >= 15 is 0 Å². The van der Waals surface area contributed by atoms with Crippen molar-refractivity contribution in [2.75, 3.05) is 0 Å². The van der Waals surface area contributed by atoms with Gasteiger partial charge in [0.15, 0.2) is 0 Å². The second-order valence-electron chi connectivity index (χ2n) is 9.80. The van der Waals surface area contributed by atoms with Gasteiger partial charge >= 0.3 is 0 Å². The van der Waals surface area contributed by atoms with Crippen molar-refractivity contribution in [2.24, 2.45) is 5.92 Å². The highest BCUT2D eigenvalue weighted by atomic mass is 14.1. The van der Waals surface area contributed by atoms with Gasteiger partial charge < -0.3 is 0 Å². The Kier molecular flexibility index (Phi) is 26.0. The van der Waals surface area contributed by atoms with E-state index < -0.39 is 0 Å². The van der Waals surface area contributed by atoms with Gasteiger partial charge in [0.2, 0.25) is 0 Å². The third kappa shape index (κ3) is 24.1. The third-order valence-electron chi connectivity index (χ3n) is 6.79. The first-order chi connectivity index (χ1) is 14.3. The molecule has 29 heavy (non-hydrogen) atoms. The SMILES string of the molecule is [CH2]CCC(CCCCCCCCCCCC)CCCCCCCCCCCCC. The largest absolute Gasteiger partial charge is 0.0654 e. The van der Waals surface area contributed by atoms with Gasteiger partial charge in [0, 0.05) is 0 Å². The first-order valence-corrected chi connectivity index (χ1v) is 14.1. The van der Waals surface area contributed by atoms with Crippen LogP contribution in [-0.4, -0.2) is 0 Å². The summed E-state index contributed by atoms with van der Waals surface area (Å²) >= 11 is 0. The molecule has 0 aromatic heterocycles. The van der Waals surface area contributed by atoms with Crippen LogP contribution < -0.4 is 0 Å². The molecule has 0 aromatic rings. The molecule has 0 spiro atoms. The maximum atomic E-state index is 4.13. The van der Waals surface area contributed by atoms with Crippen LogP contribution in [0.1, 0.15) is 174 Å². The van der Waals surface area contributed by atoms with E-state index in [0.29, 0.717) is 0 Å². The topological polar surface area (TPSA) is 0 Å². The van der Waals surface area contributed by atoms with Crippen LogP contribution in [-0.2, 0) is 0 Å². The average Bonchev–Trinajstić information content (AvgIpc) is 2.73. The molecular weight excluding hydrogens is 348 g/mol. The van der Waals surface area contributed by atoms with E-state index in [0.717, 1.165) is 12.3 Å². The molecule has 0 nitrogen and oxygen atoms in total. The van der Waals surface area contributed by atoms with Gasteiger partial charge in [-0.25, -0.2) is 0 Å². The van der Waals surface area contributed by atoms with Gasteiger partial charge in [0.25, 0.3) is 0 Å². The summed E-state index contributed by atoms with van der Waals surface area (Å²) in [5.41, 5.74) is 0. The quantitative estimate of drug-likeness (QED) is 0.132. The number of unbranched alkanes of at least 4 members (excludes halogenated alkanes) is 19. The lowest BCUT2D eigenvalue weighted by Crippen LogP contribution is -2.00. The summed E-state index contributed by atoms with van der Waals surface area (Å²) in [6.45, 7) is 8.74. The van der Waals surface area contributed by atoms with Crippen LogP contribution in [0.4, 0.5) is 0 Å². The van der Waals surface area contributed by atoms with Crippen molar-refractivity contribution < 1.29 is 0 Å². The van der Waals surface area contributed by atoms with Crippen molar-refractivity contribution in [3.8, 4) is 0 Å². The molecule has 0 saturated heterocycles. The Labute approximate surface area is 187 Å². The van der Waals surface area contributed by atoms with E-state index in [1.54, 1.807) is 0 Å². The van der Waals surface area contributed by atoms with Crippen LogP contribution in [0.15, 0.2) is 0 Å². The smallest absolute Gasteiger partial charge is 0.0414 e. The summed E-state index contributed by atoms with van der Waals surface area (Å²) in [5.74, 6) is 0.972. The zero-order valence-electron chi connectivity index (χ0n) is 21.0. The minimum Gasteiger partial charge on any atom is -0.0654 e. The maximum Gasteiger partial charge on any atom is -0.0414 e. The molecule has 0 aromatic carbocycles. The summed E-state index contributed by atoms with van der Waals surface area (Å²) in [6.07, 6.45) is 36.1. The number of hydrogen-bond donors (Lipinski definition) is 0. The van der Waals surface area contributed by atoms with Gasteiger partial charge in [-0.1, -0.05) is 181 Å². The highest BCUT2D eigenvalue weighted by Crippen LogP contribution is 2.23. The molecule has 0 aliphatic rings. The summed E-state index contributed by atoms with van der Waals surface area (Å²) in [7, 11) is 0. The molecule has 0 fully saturated rings. The van der Waals surface area contributed by atoms with Crippen molar-refractivity contribution in [3.63, 3.8) is 0 Å². The average molecular weight is 408 g/mol. The molecule has 1 unspecified atom stereocenters. The summed E-state index contributed by atoms with van der Waals surface area (Å²) in [4.78, 5) is 0. The minimum atomic E-state index is 0.972. The van der Waals surface area contributed by atoms with E-state index in [4.69, 9.17) is 0 Å². The molecule has 0 aliphatic carbocycles. The molecule has 1 atom stereocenters. The van der Waals surface area contributed by atoms with Crippen molar-refractivity contribution in [2.45, 2.75) is 174 Å². The summed E-state index contributed by atoms with van der Waals surface area (Å²) in [5, 5.41) is 0. The van der Waals surface area contributed by atoms with Gasteiger partial charge in [-0.05, 0) is 5.92 Å². The first-order valence-electron chi connectivity index (χ1n) is 14.1. The van der Waals surface area contributed by atoms with Crippen LogP contribution in [0.5, 0.6) is 0 Å². The second-order valence-corrected chi connectivity index (χ2v) is 9.80. The van der Waals surface area contributed by atoms with Crippen molar-refractivity contribution in [1.82, 2.24) is 0 Å². The highest BCUT2D eigenvalue weighted by molar-refractivity contribution is 4.62. The lowest BCUT2D eigenvalue weighted by atomic mass is 9.90. The Balaban J connectivity index is 3.40. The Morgan fingerprint density at radius 3 is 0.931 bits per heavy atom. The maximum absolute atomic E-state index is 4.13. The Morgan fingerprint density at radius 2 is 0.655 bits per heavy atom. The predicted octanol–water partition coefficient (Wildman–Crippen LogP) is 11.2. The van der Waals surface area contributed by atoms with E-state index in [9.17, 15) is 0 Å². The molecular formula is C29H59. The lowest BCUT2D eigenvalue weighted by molar-refractivity contribution is 0.381. The zero-order valence-corrected chi connectivity index (χ0v) is 21.0. The van der Waals surface area contributed by atoms with Gasteiger partial charge in [-0.2, -0.15) is 0 Å². The fourth-order valence-electron chi connectivity index (χ4n) is 4.74. The van der Waals surface area contributed by atoms with Crippen LogP contribution in [0.25, 0.3) is 0 Å². The molecule has 0 heteroatoms. The Morgan fingerprint density at radius 1 is 0.379 bits per heavy atom. The molecule has 0 saturated carbocycles. The monoisotopic (exact) mass is 407 g/mol. The van der Waals surface area contributed by atoms with Gasteiger partial charge in [-0.15, -0.1) is 0 Å². The van der Waals surface area contributed by atoms with E-state index in [1.165, 1.54) is 154 Å². The van der Waals surface area contributed by atoms with Crippen molar-refractivity contribution >= 4 is 0 Å². The standard InChI is InChI=1S/C29H59/c1-4-7-9-11-13-15-17-19-21-23-25-28-29(26-6-3)27-24-22-20-18-16-14-12-10-8-5-2/h29H,3-28H2,1-2H3. The normalized spacial score (nSPS) is 12.5. The zero-order chi connectivity index (χ0) is 21.3. The van der Waals surface area contributed by atoms with E-state index in [-0.39, 0.29) is 0 Å². The molecule has 0 amide bonds. The fraction of sp³-hybridized carbons (Fsp3) is 0.966. The molecule has 0 aliphatic heterocycles. The van der Waals surface area contributed by atoms with Crippen LogP contribution in [0.2, 0.25) is 0 Å². The van der Waals surface area contributed by atoms with Gasteiger partial charge in [0.05, 0.1) is 0 Å². The van der Waals surface area contributed by atoms with Crippen molar-refractivity contribution in [1.29, 1.82) is 0 Å². The first kappa shape index (κ1) is 29.0. The summed E-state index contributed by atoms with van der Waals surface area (Å²) < 4.78 is 0. The fourth-order valence-corrected chi connectivity index (χ4v) is 4.74. The predicted molar refractivity (Wildman–Crippen MR) is 136 cm³/mol. The molecule has 0 rings (SSSR count). The van der Waals surface area contributed by atoms with Gasteiger partial charge in [-0.3, -0.25) is 0 Å². The number of rotatable bonds is 25. The van der Waals surface area contributed by atoms with Crippen molar-refractivity contribution in [3.05, 3.63) is 6.92 Å². The molecule has 175 valence electrons. The van der Waals surface area contributed by atoms with Crippen LogP contribution in [0.3, 0.4) is 0 Å². The Bertz CT molecular complexity index is 269. The molecule has 1 radical (unpaired) electrons. The summed E-state index contributed by atoms with van der Waals surface area (Å²) in [6, 6.07) is 0. The molecule has 0 bridgehead atoms. The van der Waals surface area contributed by atoms with Gasteiger partial charge in [0.1, 0.15) is 0 Å². The second kappa shape index (κ2) is 26.0. The lowest BCUT2D eigenvalue weighted by Gasteiger charge is -2.16. The highest BCUT2D eigenvalue weighted by Gasteiger charge is 2.07. The van der Waals surface area contributed by atoms with E-state index in [1.807, 2.05) is 0 Å². The van der Waals surface area contributed by atoms with E-state index in [2.05, 4.69) is 20.8 Å². The molecule has 0 heterocycles. The minimum absolute atomic E-state index is 0.972. The van der Waals surface area contributed by atoms with Crippen LogP contribution in [0, 0.1) is 12.8 Å². The van der Waals surface area contributed by atoms with Crippen LogP contribution >= 0.6 is 0 Å².